The van der Waals surface area contributed by atoms with Crippen LogP contribution < -0.4 is 9.47 Å². The lowest BCUT2D eigenvalue weighted by Crippen LogP contribution is -1.98. The van der Waals surface area contributed by atoms with E-state index < -0.39 is 0 Å². The van der Waals surface area contributed by atoms with Crippen molar-refractivity contribution in [2.45, 2.75) is 0 Å². The third-order valence-corrected chi connectivity index (χ3v) is 4.26. The van der Waals surface area contributed by atoms with Gasteiger partial charge in [-0.25, -0.2) is 0 Å². The molecular weight excluding hydrogens is 338 g/mol. The van der Waals surface area contributed by atoms with Crippen molar-refractivity contribution in [1.82, 2.24) is 0 Å². The molecule has 1 aliphatic heterocycles. The smallest absolute Gasteiger partial charge is 0.231 e. The van der Waals surface area contributed by atoms with Crippen molar-refractivity contribution >= 4 is 11.9 Å². The first-order chi connectivity index (χ1) is 13.2. The summed E-state index contributed by atoms with van der Waals surface area (Å²) in [5.41, 5.74) is 3.62. The summed E-state index contributed by atoms with van der Waals surface area (Å²) >= 11 is 0. The van der Waals surface area contributed by atoms with Gasteiger partial charge in [-0.15, -0.1) is 0 Å². The van der Waals surface area contributed by atoms with Crippen LogP contribution in [-0.4, -0.2) is 12.4 Å². The van der Waals surface area contributed by atoms with Gasteiger partial charge in [-0.2, -0.15) is 5.26 Å². The van der Waals surface area contributed by atoms with Gasteiger partial charge >= 0.3 is 0 Å². The highest BCUT2D eigenvalue weighted by Crippen LogP contribution is 2.35. The molecule has 4 nitrogen and oxygen atoms in total. The minimum Gasteiger partial charge on any atom is -0.479 e. The molecule has 0 saturated carbocycles. The SMILES string of the molecule is N#CCOc1ccc2c(c1)O/C(=C\c1ccc(-c3ccccc3)cc1)C2=O. The quantitative estimate of drug-likeness (QED) is 0.628. The Morgan fingerprint density at radius 1 is 0.963 bits per heavy atom. The lowest BCUT2D eigenvalue weighted by Gasteiger charge is -2.03. The van der Waals surface area contributed by atoms with E-state index in [2.05, 4.69) is 12.1 Å². The Labute approximate surface area is 156 Å². The topological polar surface area (TPSA) is 59.3 Å². The number of hydrogen-bond acceptors (Lipinski definition) is 4. The molecule has 0 unspecified atom stereocenters. The molecule has 0 atom stereocenters. The molecule has 4 heteroatoms. The second kappa shape index (κ2) is 7.19. The maximum absolute atomic E-state index is 12.5. The third kappa shape index (κ3) is 3.44. The first kappa shape index (κ1) is 16.6. The number of benzene rings is 3. The molecule has 3 aromatic carbocycles. The largest absolute Gasteiger partial charge is 0.479 e. The van der Waals surface area contributed by atoms with Crippen LogP contribution in [0.4, 0.5) is 0 Å². The van der Waals surface area contributed by atoms with Gasteiger partial charge in [0.2, 0.25) is 5.78 Å². The molecule has 0 N–H and O–H groups in total. The van der Waals surface area contributed by atoms with Gasteiger partial charge < -0.3 is 9.47 Å². The first-order valence-electron chi connectivity index (χ1n) is 8.48. The second-order valence-electron chi connectivity index (χ2n) is 6.03. The summed E-state index contributed by atoms with van der Waals surface area (Å²) in [6.07, 6.45) is 1.73. The van der Waals surface area contributed by atoms with E-state index in [1.54, 1.807) is 24.3 Å². The van der Waals surface area contributed by atoms with Crippen LogP contribution in [0.15, 0.2) is 78.6 Å². The van der Waals surface area contributed by atoms with E-state index >= 15 is 0 Å². The zero-order valence-electron chi connectivity index (χ0n) is 14.4. The fraction of sp³-hybridized carbons (Fsp3) is 0.0435. The summed E-state index contributed by atoms with van der Waals surface area (Å²) in [5.74, 6) is 1.05. The normalized spacial score (nSPS) is 13.7. The zero-order chi connectivity index (χ0) is 18.6. The Morgan fingerprint density at radius 2 is 1.70 bits per heavy atom. The Kier molecular flexibility index (Phi) is 4.42. The number of allylic oxidation sites excluding steroid dienone is 1. The summed E-state index contributed by atoms with van der Waals surface area (Å²) < 4.78 is 11.0. The maximum Gasteiger partial charge on any atom is 0.231 e. The van der Waals surface area contributed by atoms with Gasteiger partial charge in [0.15, 0.2) is 12.4 Å². The number of hydrogen-bond donors (Lipinski definition) is 0. The number of Topliss-reactive ketones (excluding diaryl/α,β-unsaturated/α-hetero) is 1. The molecule has 0 spiro atoms. The van der Waals surface area contributed by atoms with E-state index in [1.165, 1.54) is 0 Å². The summed E-state index contributed by atoms with van der Waals surface area (Å²) in [5, 5.41) is 8.59. The molecule has 3 aromatic rings. The molecule has 0 radical (unpaired) electrons. The van der Waals surface area contributed by atoms with Crippen molar-refractivity contribution in [2.75, 3.05) is 6.61 Å². The molecule has 1 aliphatic rings. The predicted molar refractivity (Wildman–Crippen MR) is 102 cm³/mol. The van der Waals surface area contributed by atoms with Crippen molar-refractivity contribution in [1.29, 1.82) is 5.26 Å². The molecular formula is C23H15NO3. The van der Waals surface area contributed by atoms with Gasteiger partial charge in [-0.3, -0.25) is 4.79 Å². The minimum atomic E-state index is -0.163. The molecule has 1 heterocycles. The van der Waals surface area contributed by atoms with Gasteiger partial charge in [0.05, 0.1) is 5.56 Å². The molecule has 0 bridgehead atoms. The van der Waals surface area contributed by atoms with Crippen LogP contribution in [0.5, 0.6) is 11.5 Å². The summed E-state index contributed by atoms with van der Waals surface area (Å²) in [6.45, 7) is -0.0524. The molecule has 0 aliphatic carbocycles. The van der Waals surface area contributed by atoms with E-state index in [0.717, 1.165) is 16.7 Å². The summed E-state index contributed by atoms with van der Waals surface area (Å²) in [6, 6.07) is 24.9. The van der Waals surface area contributed by atoms with Crippen molar-refractivity contribution in [3.05, 3.63) is 89.7 Å². The molecule has 130 valence electrons. The zero-order valence-corrected chi connectivity index (χ0v) is 14.4. The van der Waals surface area contributed by atoms with Gasteiger partial charge in [-0.1, -0.05) is 54.6 Å². The molecule has 27 heavy (non-hydrogen) atoms. The Morgan fingerprint density at radius 3 is 2.44 bits per heavy atom. The highest BCUT2D eigenvalue weighted by Gasteiger charge is 2.27. The Hall–Kier alpha value is -3.84. The number of ketones is 1. The van der Waals surface area contributed by atoms with Crippen LogP contribution in [-0.2, 0) is 0 Å². The summed E-state index contributed by atoms with van der Waals surface area (Å²) in [4.78, 5) is 12.5. The van der Waals surface area contributed by atoms with Crippen LogP contribution >= 0.6 is 0 Å². The van der Waals surface area contributed by atoms with Crippen molar-refractivity contribution < 1.29 is 14.3 Å². The molecule has 0 amide bonds. The number of fused-ring (bicyclic) bond motifs is 1. The van der Waals surface area contributed by atoms with Crippen LogP contribution in [0.2, 0.25) is 0 Å². The van der Waals surface area contributed by atoms with Crippen molar-refractivity contribution in [3.63, 3.8) is 0 Å². The van der Waals surface area contributed by atoms with Gasteiger partial charge in [0.1, 0.15) is 17.6 Å². The van der Waals surface area contributed by atoms with Crippen LogP contribution in [0, 0.1) is 11.3 Å². The fourth-order valence-corrected chi connectivity index (χ4v) is 2.93. The van der Waals surface area contributed by atoms with E-state index in [1.807, 2.05) is 48.5 Å². The highest BCUT2D eigenvalue weighted by molar-refractivity contribution is 6.14. The number of nitrogens with zero attached hydrogens (tertiary/aromatic N) is 1. The van der Waals surface area contributed by atoms with Crippen LogP contribution in [0.3, 0.4) is 0 Å². The average Bonchev–Trinajstić information content (AvgIpc) is 3.02. The predicted octanol–water partition coefficient (Wildman–Crippen LogP) is 4.87. The van der Waals surface area contributed by atoms with Crippen molar-refractivity contribution in [3.8, 4) is 28.7 Å². The standard InChI is InChI=1S/C23H15NO3/c24-12-13-26-19-10-11-20-21(15-19)27-22(23(20)25)14-16-6-8-18(9-7-16)17-4-2-1-3-5-17/h1-11,14-15H,13H2/b22-14-. The second-order valence-corrected chi connectivity index (χ2v) is 6.03. The number of carbonyl (C=O) groups is 1. The lowest BCUT2D eigenvalue weighted by molar-refractivity contribution is 0.101. The Bertz CT molecular complexity index is 1060. The van der Waals surface area contributed by atoms with Gasteiger partial charge in [0.25, 0.3) is 0 Å². The van der Waals surface area contributed by atoms with Crippen LogP contribution in [0.1, 0.15) is 15.9 Å². The number of nitriles is 1. The van der Waals surface area contributed by atoms with Gasteiger partial charge in [0, 0.05) is 6.07 Å². The molecule has 0 saturated heterocycles. The number of rotatable bonds is 4. The first-order valence-corrected chi connectivity index (χ1v) is 8.48. The van der Waals surface area contributed by atoms with E-state index in [0.29, 0.717) is 17.1 Å². The number of carbonyl (C=O) groups excluding carboxylic acids is 1. The minimum absolute atomic E-state index is 0.0524. The van der Waals surface area contributed by atoms with E-state index in [4.69, 9.17) is 14.7 Å². The Balaban J connectivity index is 1.56. The third-order valence-electron chi connectivity index (χ3n) is 4.26. The lowest BCUT2D eigenvalue weighted by atomic mass is 10.0. The van der Waals surface area contributed by atoms with E-state index in [-0.39, 0.29) is 18.1 Å². The molecule has 0 fully saturated rings. The molecule has 0 aromatic heterocycles. The van der Waals surface area contributed by atoms with E-state index in [9.17, 15) is 4.79 Å². The highest BCUT2D eigenvalue weighted by atomic mass is 16.5. The fourth-order valence-electron chi connectivity index (χ4n) is 2.93. The van der Waals surface area contributed by atoms with Crippen molar-refractivity contribution in [2.24, 2.45) is 0 Å². The number of ether oxygens (including phenoxy) is 2. The van der Waals surface area contributed by atoms with Crippen LogP contribution in [0.25, 0.3) is 17.2 Å². The monoisotopic (exact) mass is 353 g/mol. The van der Waals surface area contributed by atoms with Gasteiger partial charge in [-0.05, 0) is 34.9 Å². The summed E-state index contributed by atoms with van der Waals surface area (Å²) in [7, 11) is 0. The average molecular weight is 353 g/mol. The molecule has 4 rings (SSSR count). The maximum atomic E-state index is 12.5.